The summed E-state index contributed by atoms with van der Waals surface area (Å²) >= 11 is 5.77. The highest BCUT2D eigenvalue weighted by Gasteiger charge is 2.35. The maximum atomic E-state index is 12.7. The number of benzene rings is 1. The van der Waals surface area contributed by atoms with Crippen LogP contribution < -0.4 is 5.73 Å². The van der Waals surface area contributed by atoms with Crippen molar-refractivity contribution < 1.29 is 18.3 Å². The molecule has 0 spiro atoms. The van der Waals surface area contributed by atoms with E-state index in [1.54, 1.807) is 6.92 Å². The summed E-state index contributed by atoms with van der Waals surface area (Å²) in [5.74, 6) is -0.124. The van der Waals surface area contributed by atoms with Crippen LogP contribution in [0.4, 0.5) is 13.2 Å². The summed E-state index contributed by atoms with van der Waals surface area (Å²) in [5.41, 5.74) is 5.01. The van der Waals surface area contributed by atoms with Gasteiger partial charge < -0.3 is 10.8 Å². The minimum atomic E-state index is -4.53. The van der Waals surface area contributed by atoms with Gasteiger partial charge in [0.25, 0.3) is 0 Å². The Kier molecular flexibility index (Phi) is 5.24. The zero-order chi connectivity index (χ0) is 14.8. The van der Waals surface area contributed by atoms with Crippen LogP contribution in [0.5, 0.6) is 0 Å². The molecular formula is C13H17ClF3NO. The molecule has 108 valence electrons. The van der Waals surface area contributed by atoms with Crippen LogP contribution in [0.15, 0.2) is 18.2 Å². The number of aliphatic hydroxyl groups is 1. The zero-order valence-corrected chi connectivity index (χ0v) is 11.5. The van der Waals surface area contributed by atoms with Gasteiger partial charge in [-0.15, -0.1) is 0 Å². The molecule has 19 heavy (non-hydrogen) atoms. The Balaban J connectivity index is 3.15. The van der Waals surface area contributed by atoms with Crippen LogP contribution in [0.1, 0.15) is 37.4 Å². The van der Waals surface area contributed by atoms with E-state index in [9.17, 15) is 18.3 Å². The van der Waals surface area contributed by atoms with Gasteiger partial charge in [0.15, 0.2) is 0 Å². The first-order valence-corrected chi connectivity index (χ1v) is 6.37. The Labute approximate surface area is 115 Å². The van der Waals surface area contributed by atoms with Crippen LogP contribution in [0.2, 0.25) is 5.02 Å². The molecule has 0 fully saturated rings. The number of halogens is 4. The van der Waals surface area contributed by atoms with Gasteiger partial charge in [0, 0.05) is 0 Å². The molecule has 0 aliphatic heterocycles. The van der Waals surface area contributed by atoms with Gasteiger partial charge in [-0.1, -0.05) is 44.0 Å². The number of rotatable bonds is 4. The zero-order valence-electron chi connectivity index (χ0n) is 10.7. The van der Waals surface area contributed by atoms with E-state index in [2.05, 4.69) is 0 Å². The van der Waals surface area contributed by atoms with Crippen molar-refractivity contribution in [2.24, 2.45) is 11.7 Å². The van der Waals surface area contributed by atoms with Gasteiger partial charge in [0.1, 0.15) is 0 Å². The maximum Gasteiger partial charge on any atom is 0.417 e. The lowest BCUT2D eigenvalue weighted by molar-refractivity contribution is -0.137. The summed E-state index contributed by atoms with van der Waals surface area (Å²) in [6.45, 7) is 3.65. The van der Waals surface area contributed by atoms with Crippen molar-refractivity contribution in [3.8, 4) is 0 Å². The lowest BCUT2D eigenvalue weighted by Crippen LogP contribution is -2.32. The predicted molar refractivity (Wildman–Crippen MR) is 68.8 cm³/mol. The number of hydrogen-bond donors (Lipinski definition) is 2. The fraction of sp³-hybridized carbons (Fsp3) is 0.538. The average molecular weight is 296 g/mol. The molecule has 1 aromatic carbocycles. The normalized spacial score (nSPS) is 17.1. The van der Waals surface area contributed by atoms with Gasteiger partial charge in [-0.3, -0.25) is 0 Å². The van der Waals surface area contributed by atoms with Gasteiger partial charge in [0.2, 0.25) is 0 Å². The molecule has 0 amide bonds. The molecule has 3 atom stereocenters. The lowest BCUT2D eigenvalue weighted by Gasteiger charge is -2.25. The van der Waals surface area contributed by atoms with E-state index in [0.29, 0.717) is 6.42 Å². The van der Waals surface area contributed by atoms with Gasteiger partial charge in [-0.2, -0.15) is 13.2 Å². The SMILES string of the molecule is CCC(C)[C@H](O)[C@H](N)c1cccc(C(F)(F)F)c1Cl. The molecular weight excluding hydrogens is 279 g/mol. The van der Waals surface area contributed by atoms with Crippen molar-refractivity contribution >= 4 is 11.6 Å². The van der Waals surface area contributed by atoms with E-state index >= 15 is 0 Å². The average Bonchev–Trinajstić information content (AvgIpc) is 2.35. The van der Waals surface area contributed by atoms with Crippen LogP contribution >= 0.6 is 11.6 Å². The molecule has 0 aromatic heterocycles. The standard InChI is InChI=1S/C13H17ClF3NO/c1-3-7(2)12(19)11(18)8-5-4-6-9(10(8)14)13(15,16)17/h4-7,11-12,19H,3,18H2,1-2H3/t7?,11-,12+/m1/s1. The highest BCUT2D eigenvalue weighted by molar-refractivity contribution is 6.32. The number of nitrogens with two attached hydrogens (primary N) is 1. The lowest BCUT2D eigenvalue weighted by atomic mass is 9.91. The second-order valence-corrected chi connectivity index (χ2v) is 4.99. The largest absolute Gasteiger partial charge is 0.417 e. The van der Waals surface area contributed by atoms with Crippen LogP contribution in [0, 0.1) is 5.92 Å². The van der Waals surface area contributed by atoms with Crippen molar-refractivity contribution in [2.75, 3.05) is 0 Å². The Morgan fingerprint density at radius 1 is 1.37 bits per heavy atom. The molecule has 0 saturated carbocycles. The van der Waals surface area contributed by atoms with Crippen molar-refractivity contribution in [3.05, 3.63) is 34.3 Å². The smallest absolute Gasteiger partial charge is 0.391 e. The Morgan fingerprint density at radius 3 is 2.42 bits per heavy atom. The number of hydrogen-bond acceptors (Lipinski definition) is 2. The first-order chi connectivity index (χ1) is 8.70. The summed E-state index contributed by atoms with van der Waals surface area (Å²) in [4.78, 5) is 0. The van der Waals surface area contributed by atoms with Gasteiger partial charge in [-0.25, -0.2) is 0 Å². The van der Waals surface area contributed by atoms with E-state index in [1.807, 2.05) is 6.92 Å². The van der Waals surface area contributed by atoms with E-state index in [1.165, 1.54) is 12.1 Å². The molecule has 6 heteroatoms. The molecule has 0 bridgehead atoms. The quantitative estimate of drug-likeness (QED) is 0.888. The summed E-state index contributed by atoms with van der Waals surface area (Å²) in [7, 11) is 0. The summed E-state index contributed by atoms with van der Waals surface area (Å²) in [6.07, 6.45) is -4.80. The Hall–Kier alpha value is -0.780. The van der Waals surface area contributed by atoms with Crippen molar-refractivity contribution in [1.82, 2.24) is 0 Å². The minimum Gasteiger partial charge on any atom is -0.391 e. The first kappa shape index (κ1) is 16.3. The highest BCUT2D eigenvalue weighted by Crippen LogP contribution is 2.38. The summed E-state index contributed by atoms with van der Waals surface area (Å²) < 4.78 is 38.2. The molecule has 1 rings (SSSR count). The fourth-order valence-electron chi connectivity index (χ4n) is 1.81. The Bertz CT molecular complexity index is 436. The van der Waals surface area contributed by atoms with Crippen LogP contribution in [0.3, 0.4) is 0 Å². The summed E-state index contributed by atoms with van der Waals surface area (Å²) in [6, 6.07) is 2.61. The topological polar surface area (TPSA) is 46.2 Å². The second-order valence-electron chi connectivity index (χ2n) is 4.61. The molecule has 1 unspecified atom stereocenters. The molecule has 2 nitrogen and oxygen atoms in total. The third kappa shape index (κ3) is 3.61. The second kappa shape index (κ2) is 6.11. The first-order valence-electron chi connectivity index (χ1n) is 5.99. The molecule has 0 saturated heterocycles. The molecule has 0 heterocycles. The van der Waals surface area contributed by atoms with Gasteiger partial charge >= 0.3 is 6.18 Å². The van der Waals surface area contributed by atoms with E-state index in [4.69, 9.17) is 17.3 Å². The van der Waals surface area contributed by atoms with Crippen LogP contribution in [0.25, 0.3) is 0 Å². The maximum absolute atomic E-state index is 12.7. The fourth-order valence-corrected chi connectivity index (χ4v) is 2.16. The summed E-state index contributed by atoms with van der Waals surface area (Å²) in [5, 5.41) is 9.55. The van der Waals surface area contributed by atoms with Crippen LogP contribution in [-0.4, -0.2) is 11.2 Å². The molecule has 3 N–H and O–H groups in total. The van der Waals surface area contributed by atoms with Crippen molar-refractivity contribution in [1.29, 1.82) is 0 Å². The number of aliphatic hydroxyl groups excluding tert-OH is 1. The van der Waals surface area contributed by atoms with Crippen molar-refractivity contribution in [3.63, 3.8) is 0 Å². The van der Waals surface area contributed by atoms with Gasteiger partial charge in [0.05, 0.1) is 22.7 Å². The highest BCUT2D eigenvalue weighted by atomic mass is 35.5. The number of alkyl halides is 3. The third-order valence-corrected chi connectivity index (χ3v) is 3.71. The molecule has 0 radical (unpaired) electrons. The minimum absolute atomic E-state index is 0.115. The Morgan fingerprint density at radius 2 is 1.95 bits per heavy atom. The van der Waals surface area contributed by atoms with Crippen LogP contribution in [-0.2, 0) is 6.18 Å². The molecule has 0 aliphatic rings. The predicted octanol–water partition coefficient (Wildman–Crippen LogP) is 3.77. The molecule has 1 aromatic rings. The van der Waals surface area contributed by atoms with Crippen molar-refractivity contribution in [2.45, 2.75) is 38.6 Å². The van der Waals surface area contributed by atoms with Gasteiger partial charge in [-0.05, 0) is 17.5 Å². The monoisotopic (exact) mass is 295 g/mol. The molecule has 0 aliphatic carbocycles. The third-order valence-electron chi connectivity index (χ3n) is 3.29. The van der Waals surface area contributed by atoms with E-state index in [-0.39, 0.29) is 11.5 Å². The van der Waals surface area contributed by atoms with E-state index in [0.717, 1.165) is 6.07 Å². The van der Waals surface area contributed by atoms with E-state index < -0.39 is 28.9 Å².